The molecule has 1 aliphatic heterocycles. The number of fused-ring (bicyclic) bond motifs is 1. The predicted octanol–water partition coefficient (Wildman–Crippen LogP) is 6.71. The predicted molar refractivity (Wildman–Crippen MR) is 168 cm³/mol. The summed E-state index contributed by atoms with van der Waals surface area (Å²) >= 11 is 0. The van der Waals surface area contributed by atoms with Gasteiger partial charge in [0.25, 0.3) is 0 Å². The number of benzene rings is 1. The van der Waals surface area contributed by atoms with Crippen LogP contribution in [0.1, 0.15) is 93.4 Å². The van der Waals surface area contributed by atoms with E-state index in [1.807, 2.05) is 41.0 Å². The average Bonchev–Trinajstić information content (AvgIpc) is 3.34. The SMILES string of the molecule is COc1ccc(C(=O)c2nn3ccc(C(=N)N(CCC(C)C)CCC(C)C)cc3c2CCCN2CCCCC2)cc1. The third-order valence-corrected chi connectivity index (χ3v) is 8.20. The maximum atomic E-state index is 13.7. The van der Waals surface area contributed by atoms with Crippen molar-refractivity contribution in [1.29, 1.82) is 5.41 Å². The summed E-state index contributed by atoms with van der Waals surface area (Å²) in [4.78, 5) is 18.5. The largest absolute Gasteiger partial charge is 0.497 e. The maximum absolute atomic E-state index is 13.7. The van der Waals surface area contributed by atoms with E-state index in [1.54, 1.807) is 7.11 Å². The summed E-state index contributed by atoms with van der Waals surface area (Å²) in [7, 11) is 1.63. The van der Waals surface area contributed by atoms with Crippen molar-refractivity contribution in [2.24, 2.45) is 11.8 Å². The first-order valence-corrected chi connectivity index (χ1v) is 15.5. The summed E-state index contributed by atoms with van der Waals surface area (Å²) in [5.74, 6) is 2.37. The van der Waals surface area contributed by atoms with Crippen molar-refractivity contribution in [2.45, 2.75) is 72.6 Å². The number of piperidine rings is 1. The Bertz CT molecular complexity index is 1280. The van der Waals surface area contributed by atoms with Crippen molar-refractivity contribution in [1.82, 2.24) is 19.4 Å². The van der Waals surface area contributed by atoms with Gasteiger partial charge in [0.15, 0.2) is 0 Å². The normalized spacial score (nSPS) is 14.2. The molecule has 0 radical (unpaired) electrons. The van der Waals surface area contributed by atoms with Gasteiger partial charge in [0.2, 0.25) is 5.78 Å². The third kappa shape index (κ3) is 8.19. The van der Waals surface area contributed by atoms with E-state index in [-0.39, 0.29) is 5.78 Å². The third-order valence-electron chi connectivity index (χ3n) is 8.20. The highest BCUT2D eigenvalue weighted by Crippen LogP contribution is 2.24. The first-order chi connectivity index (χ1) is 19.8. The lowest BCUT2D eigenvalue weighted by Crippen LogP contribution is -2.34. The number of carbonyl (C=O) groups is 1. The van der Waals surface area contributed by atoms with E-state index >= 15 is 0 Å². The van der Waals surface area contributed by atoms with Crippen LogP contribution in [0.2, 0.25) is 0 Å². The van der Waals surface area contributed by atoms with Crippen molar-refractivity contribution in [2.75, 3.05) is 39.8 Å². The Labute approximate surface area is 246 Å². The van der Waals surface area contributed by atoms with E-state index in [0.717, 1.165) is 80.8 Å². The summed E-state index contributed by atoms with van der Waals surface area (Å²) in [5.41, 5.74) is 3.90. The minimum atomic E-state index is -0.0727. The van der Waals surface area contributed by atoms with Crippen LogP contribution in [0.25, 0.3) is 5.52 Å². The number of aromatic nitrogens is 2. The molecule has 4 rings (SSSR count). The molecule has 0 unspecified atom stereocenters. The molecule has 41 heavy (non-hydrogen) atoms. The zero-order chi connectivity index (χ0) is 29.4. The minimum absolute atomic E-state index is 0.0727. The second-order valence-corrected chi connectivity index (χ2v) is 12.3. The van der Waals surface area contributed by atoms with Crippen LogP contribution in [0, 0.1) is 17.2 Å². The molecule has 7 heteroatoms. The molecule has 3 aromatic rings. The molecule has 1 saturated heterocycles. The van der Waals surface area contributed by atoms with Gasteiger partial charge in [-0.3, -0.25) is 10.2 Å². The zero-order valence-corrected chi connectivity index (χ0v) is 25.8. The Morgan fingerprint density at radius 2 is 1.63 bits per heavy atom. The highest BCUT2D eigenvalue weighted by atomic mass is 16.5. The maximum Gasteiger partial charge on any atom is 0.213 e. The number of hydrogen-bond acceptors (Lipinski definition) is 5. The second-order valence-electron chi connectivity index (χ2n) is 12.3. The van der Waals surface area contributed by atoms with Gasteiger partial charge in [0.1, 0.15) is 17.3 Å². The Morgan fingerprint density at radius 3 is 2.24 bits per heavy atom. The van der Waals surface area contributed by atoms with Gasteiger partial charge in [0, 0.05) is 36.0 Å². The molecule has 0 saturated carbocycles. The second kappa shape index (κ2) is 14.6. The van der Waals surface area contributed by atoms with E-state index in [2.05, 4.69) is 43.6 Å². The minimum Gasteiger partial charge on any atom is -0.497 e. The monoisotopic (exact) mass is 559 g/mol. The van der Waals surface area contributed by atoms with E-state index < -0.39 is 0 Å². The highest BCUT2D eigenvalue weighted by Gasteiger charge is 2.23. The van der Waals surface area contributed by atoms with Crippen LogP contribution in [-0.2, 0) is 6.42 Å². The Kier molecular flexibility index (Phi) is 11.0. The molecule has 2 aromatic heterocycles. The van der Waals surface area contributed by atoms with Crippen molar-refractivity contribution in [3.05, 3.63) is 65.0 Å². The number of ketones is 1. The van der Waals surface area contributed by atoms with Crippen LogP contribution in [-0.4, -0.2) is 70.9 Å². The molecule has 0 amide bonds. The van der Waals surface area contributed by atoms with Gasteiger partial charge < -0.3 is 14.5 Å². The number of likely N-dealkylation sites (tertiary alicyclic amines) is 1. The van der Waals surface area contributed by atoms with Gasteiger partial charge in [-0.25, -0.2) is 4.52 Å². The standard InChI is InChI=1S/C34H49N5O2/c1-25(2)15-21-38(22-16-26(3)4)34(35)28-17-23-39-31(24-28)30(10-9-20-37-18-7-6-8-19-37)32(36-39)33(40)27-11-13-29(41-5)14-12-27/h11-14,17,23-26,35H,6-10,15-16,18-22H2,1-5H3. The zero-order valence-electron chi connectivity index (χ0n) is 25.8. The molecule has 1 N–H and O–H groups in total. The Morgan fingerprint density at radius 1 is 0.976 bits per heavy atom. The lowest BCUT2D eigenvalue weighted by atomic mass is 10.00. The molecule has 1 fully saturated rings. The van der Waals surface area contributed by atoms with E-state index in [1.165, 1.54) is 19.3 Å². The number of ether oxygens (including phenoxy) is 1. The number of carbonyl (C=O) groups excluding carboxylic acids is 1. The highest BCUT2D eigenvalue weighted by molar-refractivity contribution is 6.10. The topological polar surface area (TPSA) is 73.9 Å². The summed E-state index contributed by atoms with van der Waals surface area (Å²) in [5, 5.41) is 14.0. The van der Waals surface area contributed by atoms with E-state index in [9.17, 15) is 4.79 Å². The lowest BCUT2D eigenvalue weighted by Gasteiger charge is -2.27. The molecule has 0 bridgehead atoms. The van der Waals surface area contributed by atoms with Gasteiger partial charge in [-0.05, 0) is 106 Å². The van der Waals surface area contributed by atoms with E-state index in [0.29, 0.717) is 28.9 Å². The lowest BCUT2D eigenvalue weighted by molar-refractivity contribution is 0.103. The molecule has 0 atom stereocenters. The molecule has 7 nitrogen and oxygen atoms in total. The van der Waals surface area contributed by atoms with Crippen LogP contribution >= 0.6 is 0 Å². The first kappa shape index (κ1) is 30.8. The van der Waals surface area contributed by atoms with Crippen LogP contribution in [0.15, 0.2) is 42.6 Å². The molecule has 1 aliphatic rings. The molecule has 3 heterocycles. The quantitative estimate of drug-likeness (QED) is 0.135. The number of nitrogens with one attached hydrogen (secondary N) is 1. The van der Waals surface area contributed by atoms with Crippen LogP contribution in [0.5, 0.6) is 5.75 Å². The van der Waals surface area contributed by atoms with Gasteiger partial charge in [0.05, 0.1) is 12.6 Å². The number of hydrogen-bond donors (Lipinski definition) is 1. The number of nitrogens with zero attached hydrogens (tertiary/aromatic N) is 4. The smallest absolute Gasteiger partial charge is 0.213 e. The molecular weight excluding hydrogens is 510 g/mol. The van der Waals surface area contributed by atoms with Crippen molar-refractivity contribution in [3.8, 4) is 5.75 Å². The van der Waals surface area contributed by atoms with Crippen molar-refractivity contribution < 1.29 is 9.53 Å². The summed E-state index contributed by atoms with van der Waals surface area (Å²) in [6.45, 7) is 14.0. The molecule has 222 valence electrons. The number of amidine groups is 1. The fourth-order valence-corrected chi connectivity index (χ4v) is 5.56. The van der Waals surface area contributed by atoms with Gasteiger partial charge >= 0.3 is 0 Å². The Hall–Kier alpha value is -3.19. The van der Waals surface area contributed by atoms with Gasteiger partial charge in [-0.1, -0.05) is 34.1 Å². The number of methoxy groups -OCH3 is 1. The van der Waals surface area contributed by atoms with E-state index in [4.69, 9.17) is 15.2 Å². The first-order valence-electron chi connectivity index (χ1n) is 15.5. The van der Waals surface area contributed by atoms with Gasteiger partial charge in [-0.15, -0.1) is 0 Å². The molecule has 1 aromatic carbocycles. The van der Waals surface area contributed by atoms with Crippen molar-refractivity contribution in [3.63, 3.8) is 0 Å². The fourth-order valence-electron chi connectivity index (χ4n) is 5.56. The Balaban J connectivity index is 1.66. The number of aryl methyl sites for hydroxylation is 1. The average molecular weight is 560 g/mol. The summed E-state index contributed by atoms with van der Waals surface area (Å²) in [6, 6.07) is 11.3. The van der Waals surface area contributed by atoms with Crippen LogP contribution in [0.3, 0.4) is 0 Å². The molecule has 0 spiro atoms. The number of pyridine rings is 1. The van der Waals surface area contributed by atoms with Crippen molar-refractivity contribution >= 4 is 17.1 Å². The van der Waals surface area contributed by atoms with Crippen LogP contribution in [0.4, 0.5) is 0 Å². The molecule has 0 aliphatic carbocycles. The summed E-state index contributed by atoms with van der Waals surface area (Å²) < 4.78 is 7.12. The van der Waals surface area contributed by atoms with Crippen LogP contribution < -0.4 is 4.74 Å². The van der Waals surface area contributed by atoms with Gasteiger partial charge in [-0.2, -0.15) is 5.10 Å². The number of rotatable bonds is 14. The molecular formula is C34H49N5O2. The summed E-state index contributed by atoms with van der Waals surface area (Å²) in [6.07, 6.45) is 9.64. The fraction of sp³-hybridized carbons (Fsp3) is 0.559.